The summed E-state index contributed by atoms with van der Waals surface area (Å²) in [6, 6.07) is 2.16. The molecular formula is C16H19N5O5S. The lowest BCUT2D eigenvalue weighted by Gasteiger charge is -2.43. The molecule has 2 aromatic rings. The van der Waals surface area contributed by atoms with Crippen molar-refractivity contribution in [2.45, 2.75) is 12.1 Å². The molecule has 0 radical (unpaired) electrons. The molecule has 4 rings (SSSR count). The highest BCUT2D eigenvalue weighted by Crippen LogP contribution is 2.28. The van der Waals surface area contributed by atoms with Gasteiger partial charge in [0.05, 0.1) is 23.6 Å². The van der Waals surface area contributed by atoms with Crippen molar-refractivity contribution in [1.82, 2.24) is 24.4 Å². The number of amides is 2. The van der Waals surface area contributed by atoms with Crippen LogP contribution in [0.5, 0.6) is 0 Å². The van der Waals surface area contributed by atoms with Gasteiger partial charge in [-0.05, 0) is 12.1 Å². The van der Waals surface area contributed by atoms with Gasteiger partial charge in [0, 0.05) is 32.0 Å². The molecule has 27 heavy (non-hydrogen) atoms. The largest absolute Gasteiger partial charge is 0.375 e. The van der Waals surface area contributed by atoms with E-state index in [9.17, 15) is 18.0 Å². The summed E-state index contributed by atoms with van der Waals surface area (Å²) in [7, 11) is -1.92. The van der Waals surface area contributed by atoms with Crippen molar-refractivity contribution in [3.05, 3.63) is 30.2 Å². The second-order valence-corrected chi connectivity index (χ2v) is 8.90. The number of aromatic nitrogens is 3. The molecule has 0 aliphatic carbocycles. The standard InChI is InChI=1S/C16H19N5O5S/c1-26-7-15(22)20-4-5-21(13-9-27(24,25)8-12(13)20)16(23)11-2-3-19-10-17-18-14(19)6-11/h2-3,6,10,12-13H,4-5,7-9H2,1H3/t12-,13+/m1/s1. The molecule has 0 bridgehead atoms. The minimum absolute atomic E-state index is 0.110. The van der Waals surface area contributed by atoms with E-state index in [1.54, 1.807) is 27.6 Å². The highest BCUT2D eigenvalue weighted by molar-refractivity contribution is 7.91. The van der Waals surface area contributed by atoms with Crippen molar-refractivity contribution < 1.29 is 22.7 Å². The predicted octanol–water partition coefficient (Wildman–Crippen LogP) is -1.17. The fraction of sp³-hybridized carbons (Fsp3) is 0.500. The smallest absolute Gasteiger partial charge is 0.254 e. The van der Waals surface area contributed by atoms with Crippen LogP contribution in [0.1, 0.15) is 10.4 Å². The zero-order valence-corrected chi connectivity index (χ0v) is 15.5. The number of ether oxygens (including phenoxy) is 1. The first-order valence-electron chi connectivity index (χ1n) is 8.49. The minimum atomic E-state index is -3.34. The quantitative estimate of drug-likeness (QED) is 0.645. The summed E-state index contributed by atoms with van der Waals surface area (Å²) >= 11 is 0. The molecule has 0 N–H and O–H groups in total. The molecule has 4 heterocycles. The summed E-state index contributed by atoms with van der Waals surface area (Å²) in [5.41, 5.74) is 0.945. The first-order valence-corrected chi connectivity index (χ1v) is 10.3. The van der Waals surface area contributed by atoms with Gasteiger partial charge < -0.3 is 14.5 Å². The summed E-state index contributed by atoms with van der Waals surface area (Å²) in [6.07, 6.45) is 3.22. The number of nitrogens with zero attached hydrogens (tertiary/aromatic N) is 5. The third-order valence-electron chi connectivity index (χ3n) is 5.07. The van der Waals surface area contributed by atoms with Crippen molar-refractivity contribution >= 4 is 27.3 Å². The van der Waals surface area contributed by atoms with Crippen LogP contribution in [-0.2, 0) is 19.4 Å². The third kappa shape index (κ3) is 3.16. The molecule has 2 aliphatic rings. The Morgan fingerprint density at radius 1 is 1.22 bits per heavy atom. The topological polar surface area (TPSA) is 114 Å². The number of carbonyl (C=O) groups excluding carboxylic acids is 2. The molecule has 2 saturated heterocycles. The SMILES string of the molecule is COCC(=O)N1CCN(C(=O)c2ccn3cnnc3c2)[C@H]2CS(=O)(=O)C[C@H]21. The number of rotatable bonds is 3. The van der Waals surface area contributed by atoms with Crippen LogP contribution in [0, 0.1) is 0 Å². The van der Waals surface area contributed by atoms with E-state index in [4.69, 9.17) is 4.74 Å². The Hall–Kier alpha value is -2.53. The van der Waals surface area contributed by atoms with Crippen LogP contribution in [0.4, 0.5) is 0 Å². The van der Waals surface area contributed by atoms with Crippen molar-refractivity contribution in [2.24, 2.45) is 0 Å². The average Bonchev–Trinajstić information content (AvgIpc) is 3.22. The minimum Gasteiger partial charge on any atom is -0.375 e. The van der Waals surface area contributed by atoms with Gasteiger partial charge in [0.15, 0.2) is 15.5 Å². The maximum atomic E-state index is 13.1. The lowest BCUT2D eigenvalue weighted by molar-refractivity contribution is -0.140. The lowest BCUT2D eigenvalue weighted by Crippen LogP contribution is -2.62. The molecule has 144 valence electrons. The van der Waals surface area contributed by atoms with E-state index in [0.29, 0.717) is 11.2 Å². The number of piperazine rings is 1. The number of methoxy groups -OCH3 is 1. The number of fused-ring (bicyclic) bond motifs is 2. The van der Waals surface area contributed by atoms with Crippen LogP contribution in [0.3, 0.4) is 0 Å². The third-order valence-corrected chi connectivity index (χ3v) is 6.77. The predicted molar refractivity (Wildman–Crippen MR) is 93.8 cm³/mol. The van der Waals surface area contributed by atoms with Gasteiger partial charge in [0.25, 0.3) is 5.91 Å². The van der Waals surface area contributed by atoms with E-state index in [2.05, 4.69) is 10.2 Å². The van der Waals surface area contributed by atoms with E-state index >= 15 is 0 Å². The second-order valence-electron chi connectivity index (χ2n) is 6.74. The maximum Gasteiger partial charge on any atom is 0.254 e. The van der Waals surface area contributed by atoms with Crippen molar-refractivity contribution in [3.8, 4) is 0 Å². The molecule has 2 aliphatic heterocycles. The highest BCUT2D eigenvalue weighted by atomic mass is 32.2. The van der Waals surface area contributed by atoms with Gasteiger partial charge >= 0.3 is 0 Å². The maximum absolute atomic E-state index is 13.1. The Bertz CT molecular complexity index is 1000. The van der Waals surface area contributed by atoms with Crippen LogP contribution in [0.15, 0.2) is 24.7 Å². The summed E-state index contributed by atoms with van der Waals surface area (Å²) in [5, 5.41) is 7.72. The molecule has 0 aromatic carbocycles. The Kier molecular flexibility index (Phi) is 4.35. The monoisotopic (exact) mass is 393 g/mol. The Labute approximate surface area is 155 Å². The second kappa shape index (κ2) is 6.57. The van der Waals surface area contributed by atoms with Gasteiger partial charge in [0.2, 0.25) is 5.91 Å². The van der Waals surface area contributed by atoms with E-state index in [0.717, 1.165) is 0 Å². The molecule has 0 saturated carbocycles. The summed E-state index contributed by atoms with van der Waals surface area (Å²) < 4.78 is 31.1. The molecule has 0 unspecified atom stereocenters. The molecular weight excluding hydrogens is 374 g/mol. The van der Waals surface area contributed by atoms with Crippen molar-refractivity contribution in [3.63, 3.8) is 0 Å². The molecule has 2 fully saturated rings. The number of pyridine rings is 1. The fourth-order valence-corrected chi connectivity index (χ4v) is 5.82. The first kappa shape index (κ1) is 17.9. The van der Waals surface area contributed by atoms with Crippen molar-refractivity contribution in [2.75, 3.05) is 38.3 Å². The molecule has 11 heteroatoms. The number of sulfone groups is 1. The van der Waals surface area contributed by atoms with Gasteiger partial charge in [0.1, 0.15) is 12.9 Å². The van der Waals surface area contributed by atoms with Crippen molar-refractivity contribution in [1.29, 1.82) is 0 Å². The van der Waals surface area contributed by atoms with E-state index in [1.807, 2.05) is 0 Å². The van der Waals surface area contributed by atoms with Gasteiger partial charge in [-0.2, -0.15) is 0 Å². The van der Waals surface area contributed by atoms with Crippen LogP contribution in [0.25, 0.3) is 5.65 Å². The van der Waals surface area contributed by atoms with Crippen LogP contribution < -0.4 is 0 Å². The Morgan fingerprint density at radius 3 is 2.67 bits per heavy atom. The normalized spacial score (nSPS) is 24.2. The summed E-state index contributed by atoms with van der Waals surface area (Å²) in [6.45, 7) is 0.432. The van der Waals surface area contributed by atoms with Crippen LogP contribution >= 0.6 is 0 Å². The van der Waals surface area contributed by atoms with Crippen LogP contribution in [0.2, 0.25) is 0 Å². The average molecular weight is 393 g/mol. The van der Waals surface area contributed by atoms with Gasteiger partial charge in [-0.15, -0.1) is 10.2 Å². The zero-order valence-electron chi connectivity index (χ0n) is 14.7. The van der Waals surface area contributed by atoms with Gasteiger partial charge in [-0.1, -0.05) is 0 Å². The Morgan fingerprint density at radius 2 is 1.93 bits per heavy atom. The van der Waals surface area contributed by atoms with E-state index in [-0.39, 0.29) is 43.0 Å². The van der Waals surface area contributed by atoms with Gasteiger partial charge in [-0.25, -0.2) is 8.42 Å². The zero-order chi connectivity index (χ0) is 19.2. The molecule has 2 aromatic heterocycles. The lowest BCUT2D eigenvalue weighted by atomic mass is 10.0. The van der Waals surface area contributed by atoms with Gasteiger partial charge in [-0.3, -0.25) is 14.0 Å². The molecule has 10 nitrogen and oxygen atoms in total. The number of carbonyl (C=O) groups is 2. The fourth-order valence-electron chi connectivity index (χ4n) is 3.84. The van der Waals surface area contributed by atoms with E-state index < -0.39 is 21.9 Å². The molecule has 2 amide bonds. The summed E-state index contributed by atoms with van der Waals surface area (Å²) in [5.74, 6) is -0.819. The molecule has 0 spiro atoms. The number of hydrogen-bond donors (Lipinski definition) is 0. The first-order chi connectivity index (χ1) is 12.9. The molecule has 2 atom stereocenters. The van der Waals surface area contributed by atoms with Crippen LogP contribution in [-0.4, -0.2) is 95.0 Å². The summed E-state index contributed by atoms with van der Waals surface area (Å²) in [4.78, 5) is 28.5. The highest BCUT2D eigenvalue weighted by Gasteiger charge is 2.49. The Balaban J connectivity index is 1.63. The van der Waals surface area contributed by atoms with E-state index in [1.165, 1.54) is 18.3 Å². The number of hydrogen-bond acceptors (Lipinski definition) is 7.